The molecule has 49 heavy (non-hydrogen) atoms. The number of aromatic nitrogens is 2. The second-order valence-electron chi connectivity index (χ2n) is 12.6. The van der Waals surface area contributed by atoms with Crippen LogP contribution in [-0.2, 0) is 0 Å². The molecular weight excluding hydrogens is 617 g/mol. The monoisotopic (exact) mass is 646 g/mol. The van der Waals surface area contributed by atoms with E-state index in [9.17, 15) is 0 Å². The van der Waals surface area contributed by atoms with Gasteiger partial charge in [-0.15, -0.1) is 0 Å². The highest BCUT2D eigenvalue weighted by Crippen LogP contribution is 2.34. The number of hydrogen-bond donors (Lipinski definition) is 0. The molecule has 232 valence electrons. The molecule has 0 spiro atoms. The first-order chi connectivity index (χ1) is 24.3. The summed E-state index contributed by atoms with van der Waals surface area (Å²) in [4.78, 5) is 0. The molecule has 0 N–H and O–H groups in total. The van der Waals surface area contributed by atoms with E-state index in [0.717, 1.165) is 44.6 Å². The van der Waals surface area contributed by atoms with Crippen molar-refractivity contribution >= 4 is 72.8 Å². The molecule has 0 aliphatic heterocycles. The maximum absolute atomic E-state index is 6.05. The van der Waals surface area contributed by atoms with Crippen molar-refractivity contribution in [1.82, 2.24) is 9.13 Å². The maximum atomic E-state index is 6.05. The minimum atomic E-state index is -2.77. The fourth-order valence-corrected chi connectivity index (χ4v) is 12.7. The second kappa shape index (κ2) is 10.9. The van der Waals surface area contributed by atoms with E-state index in [-0.39, 0.29) is 0 Å². The van der Waals surface area contributed by atoms with E-state index in [4.69, 9.17) is 8.83 Å². The lowest BCUT2D eigenvalue weighted by Gasteiger charge is -2.34. The molecule has 6 aromatic carbocycles. The van der Waals surface area contributed by atoms with E-state index in [1.165, 1.54) is 31.5 Å². The number of fused-ring (bicyclic) bond motifs is 6. The molecule has 10 rings (SSSR count). The smallest absolute Gasteiger partial charge is 0.212 e. The molecule has 0 saturated carbocycles. The summed E-state index contributed by atoms with van der Waals surface area (Å²) in [6.07, 6.45) is 3.56. The van der Waals surface area contributed by atoms with Crippen molar-refractivity contribution in [3.05, 3.63) is 182 Å². The van der Waals surface area contributed by atoms with Crippen molar-refractivity contribution in [3.63, 3.8) is 0 Å². The van der Waals surface area contributed by atoms with Crippen LogP contribution < -0.4 is 20.7 Å². The molecule has 4 nitrogen and oxygen atoms in total. The van der Waals surface area contributed by atoms with Crippen molar-refractivity contribution in [2.75, 3.05) is 0 Å². The Kier molecular flexibility index (Phi) is 6.16. The topological polar surface area (TPSA) is 36.1 Å². The summed E-state index contributed by atoms with van der Waals surface area (Å²) < 4.78 is 16.6. The Bertz CT molecular complexity index is 2560. The van der Waals surface area contributed by atoms with Crippen LogP contribution in [0.5, 0.6) is 0 Å². The van der Waals surface area contributed by atoms with Crippen molar-refractivity contribution in [2.45, 2.75) is 0 Å². The summed E-state index contributed by atoms with van der Waals surface area (Å²) in [5, 5.41) is 9.92. The maximum Gasteiger partial charge on any atom is 0.212 e. The van der Waals surface area contributed by atoms with Crippen molar-refractivity contribution in [1.29, 1.82) is 0 Å². The Morgan fingerprint density at radius 2 is 0.694 bits per heavy atom. The van der Waals surface area contributed by atoms with E-state index < -0.39 is 8.07 Å². The zero-order valence-electron chi connectivity index (χ0n) is 26.5. The zero-order chi connectivity index (χ0) is 32.4. The van der Waals surface area contributed by atoms with Gasteiger partial charge in [-0.3, -0.25) is 9.13 Å². The molecule has 4 heterocycles. The summed E-state index contributed by atoms with van der Waals surface area (Å²) in [6, 6.07) is 61.6. The van der Waals surface area contributed by atoms with Crippen LogP contribution >= 0.6 is 0 Å². The molecule has 10 aromatic rings. The van der Waals surface area contributed by atoms with Gasteiger partial charge in [-0.05, 0) is 69.3 Å². The number of nitrogens with zero attached hydrogens (tertiary/aromatic N) is 2. The first-order valence-corrected chi connectivity index (χ1v) is 18.6. The lowest BCUT2D eigenvalue weighted by atomic mass is 10.2. The van der Waals surface area contributed by atoms with Gasteiger partial charge >= 0.3 is 0 Å². The van der Waals surface area contributed by atoms with Gasteiger partial charge in [0.05, 0.1) is 23.6 Å². The Hall–Kier alpha value is -6.30. The fraction of sp³-hybridized carbons (Fsp3) is 0. The van der Waals surface area contributed by atoms with Crippen molar-refractivity contribution in [3.8, 4) is 11.4 Å². The molecule has 0 amide bonds. The van der Waals surface area contributed by atoms with Gasteiger partial charge in [-0.1, -0.05) is 121 Å². The summed E-state index contributed by atoms with van der Waals surface area (Å²) >= 11 is 0. The van der Waals surface area contributed by atoms with Crippen LogP contribution in [0.15, 0.2) is 191 Å². The van der Waals surface area contributed by atoms with Crippen molar-refractivity contribution in [2.24, 2.45) is 0 Å². The Morgan fingerprint density at radius 3 is 1.12 bits per heavy atom. The summed E-state index contributed by atoms with van der Waals surface area (Å²) in [6.45, 7) is 0. The average Bonchev–Trinajstić information content (AvgIpc) is 3.96. The van der Waals surface area contributed by atoms with Gasteiger partial charge < -0.3 is 8.83 Å². The molecule has 0 unspecified atom stereocenters. The third kappa shape index (κ3) is 4.03. The molecule has 0 radical (unpaired) electrons. The molecule has 0 atom stereocenters. The highest BCUT2D eigenvalue weighted by Gasteiger charge is 2.41. The zero-order valence-corrected chi connectivity index (χ0v) is 27.5. The molecule has 0 fully saturated rings. The first-order valence-electron chi connectivity index (χ1n) is 16.6. The molecule has 4 aromatic heterocycles. The normalized spacial score (nSPS) is 12.1. The van der Waals surface area contributed by atoms with Gasteiger partial charge in [-0.2, -0.15) is 0 Å². The lowest BCUT2D eigenvalue weighted by Crippen LogP contribution is -2.74. The van der Waals surface area contributed by atoms with E-state index in [2.05, 4.69) is 179 Å². The number of rotatable bonds is 6. The van der Waals surface area contributed by atoms with Crippen LogP contribution in [0.25, 0.3) is 55.4 Å². The molecular formula is C44H30N2O2Si. The SMILES string of the molecule is c1ccc([Si](c2ccccc2)(c2ccc(-n3c4ccccc4c4ccoc43)cc2)c2ccc(-n3c4ccccc4c4ccoc43)cc2)cc1. The summed E-state index contributed by atoms with van der Waals surface area (Å²) in [5.41, 5.74) is 6.15. The molecule has 0 saturated heterocycles. The molecule has 0 bridgehead atoms. The minimum absolute atomic E-state index is 0.863. The Morgan fingerprint density at radius 1 is 0.327 bits per heavy atom. The quantitative estimate of drug-likeness (QED) is 0.134. The van der Waals surface area contributed by atoms with E-state index in [1.807, 2.05) is 0 Å². The Labute approximate surface area is 283 Å². The third-order valence-corrected chi connectivity index (χ3v) is 14.9. The fourth-order valence-electron chi connectivity index (χ4n) is 7.98. The molecule has 0 aliphatic rings. The van der Waals surface area contributed by atoms with E-state index in [0.29, 0.717) is 0 Å². The number of benzene rings is 6. The minimum Gasteiger partial charge on any atom is -0.447 e. The number of furan rings is 2. The van der Waals surface area contributed by atoms with Crippen LogP contribution in [0.2, 0.25) is 0 Å². The predicted octanol–water partition coefficient (Wildman–Crippen LogP) is 8.44. The van der Waals surface area contributed by atoms with E-state index >= 15 is 0 Å². The molecule has 0 aliphatic carbocycles. The average molecular weight is 647 g/mol. The second-order valence-corrected chi connectivity index (χ2v) is 16.4. The predicted molar refractivity (Wildman–Crippen MR) is 203 cm³/mol. The van der Waals surface area contributed by atoms with Crippen LogP contribution in [0, 0.1) is 0 Å². The van der Waals surface area contributed by atoms with Gasteiger partial charge in [0.25, 0.3) is 0 Å². The number of hydrogen-bond acceptors (Lipinski definition) is 2. The highest BCUT2D eigenvalue weighted by molar-refractivity contribution is 7.19. The van der Waals surface area contributed by atoms with Gasteiger partial charge in [-0.25, -0.2) is 0 Å². The summed E-state index contributed by atoms with van der Waals surface area (Å²) in [7, 11) is -2.77. The molecule has 5 heteroatoms. The number of para-hydroxylation sites is 2. The van der Waals surface area contributed by atoms with Crippen LogP contribution in [0.3, 0.4) is 0 Å². The highest BCUT2D eigenvalue weighted by atomic mass is 28.3. The lowest BCUT2D eigenvalue weighted by molar-refractivity contribution is 0.595. The van der Waals surface area contributed by atoms with Gasteiger partial charge in [0.15, 0.2) is 8.07 Å². The van der Waals surface area contributed by atoms with E-state index in [1.54, 1.807) is 12.5 Å². The van der Waals surface area contributed by atoms with Gasteiger partial charge in [0.1, 0.15) is 0 Å². The largest absolute Gasteiger partial charge is 0.447 e. The standard InChI is InChI=1S/C44H30N2O2Si/c1-3-11-33(12-4-1)49(34-13-5-2-6-14-34,35-23-19-31(20-24-35)45-41-17-9-7-15-37(41)39-27-29-47-43(39)45)36-25-21-32(22-26-36)46-42-18-10-8-16-38(42)40-28-30-48-44(40)46/h1-30H. The van der Waals surface area contributed by atoms with Crippen LogP contribution in [-0.4, -0.2) is 17.2 Å². The first kappa shape index (κ1) is 27.8. The van der Waals surface area contributed by atoms with Gasteiger partial charge in [0, 0.05) is 32.9 Å². The summed E-state index contributed by atoms with van der Waals surface area (Å²) in [5.74, 6) is 0. The van der Waals surface area contributed by atoms with Crippen molar-refractivity contribution < 1.29 is 8.83 Å². The Balaban J connectivity index is 1.19. The van der Waals surface area contributed by atoms with Crippen LogP contribution in [0.1, 0.15) is 0 Å². The third-order valence-electron chi connectivity index (χ3n) is 10.1. The van der Waals surface area contributed by atoms with Crippen LogP contribution in [0.4, 0.5) is 0 Å². The van der Waals surface area contributed by atoms with Gasteiger partial charge in [0.2, 0.25) is 11.4 Å².